The molecule has 0 N–H and O–H groups in total. The van der Waals surface area contributed by atoms with Gasteiger partial charge in [0.15, 0.2) is 0 Å². The van der Waals surface area contributed by atoms with Gasteiger partial charge in [-0.2, -0.15) is 0 Å². The van der Waals surface area contributed by atoms with E-state index < -0.39 is 5.97 Å². The van der Waals surface area contributed by atoms with Crippen molar-refractivity contribution in [1.82, 2.24) is 0 Å². The molecule has 3 aromatic rings. The summed E-state index contributed by atoms with van der Waals surface area (Å²) in [5.74, 6) is -0.0307. The highest BCUT2D eigenvalue weighted by atomic mass is 16.5. The van der Waals surface area contributed by atoms with Crippen LogP contribution in [0.3, 0.4) is 0 Å². The molecule has 0 aliphatic rings. The fourth-order valence-corrected chi connectivity index (χ4v) is 2.77. The maximum absolute atomic E-state index is 12.4. The average molecular weight is 362 g/mol. The van der Waals surface area contributed by atoms with Crippen LogP contribution in [0.15, 0.2) is 66.7 Å². The molecule has 0 aromatic heterocycles. The van der Waals surface area contributed by atoms with Crippen molar-refractivity contribution >= 4 is 22.7 Å². The SMILES string of the molecule is CC(C)(C)CC(=O)Oc1cccc2cccc(OC(=O)c3ccccc3)c12. The lowest BCUT2D eigenvalue weighted by Crippen LogP contribution is -2.17. The first-order valence-corrected chi connectivity index (χ1v) is 8.83. The van der Waals surface area contributed by atoms with Crippen molar-refractivity contribution in [3.63, 3.8) is 0 Å². The molecule has 0 atom stereocenters. The van der Waals surface area contributed by atoms with Crippen LogP contribution in [-0.2, 0) is 4.79 Å². The van der Waals surface area contributed by atoms with E-state index in [-0.39, 0.29) is 17.8 Å². The van der Waals surface area contributed by atoms with Gasteiger partial charge in [0.2, 0.25) is 0 Å². The third-order valence-corrected chi connectivity index (χ3v) is 3.94. The predicted octanol–water partition coefficient (Wildman–Crippen LogP) is 5.40. The molecule has 0 fully saturated rings. The van der Waals surface area contributed by atoms with E-state index in [2.05, 4.69) is 0 Å². The maximum atomic E-state index is 12.4. The number of carbonyl (C=O) groups excluding carboxylic acids is 2. The standard InChI is InChI=1S/C23H22O4/c1-23(2,3)15-20(24)26-18-13-7-11-16-12-8-14-19(21(16)18)27-22(25)17-9-5-4-6-10-17/h4-14H,15H2,1-3H3. The summed E-state index contributed by atoms with van der Waals surface area (Å²) in [5.41, 5.74) is 0.279. The molecule has 138 valence electrons. The van der Waals surface area contributed by atoms with E-state index in [9.17, 15) is 9.59 Å². The number of hydrogen-bond donors (Lipinski definition) is 0. The van der Waals surface area contributed by atoms with Crippen molar-refractivity contribution in [3.05, 3.63) is 72.3 Å². The summed E-state index contributed by atoms with van der Waals surface area (Å²) in [5, 5.41) is 1.43. The molecule has 0 heterocycles. The fraction of sp³-hybridized carbons (Fsp3) is 0.217. The van der Waals surface area contributed by atoms with E-state index in [1.165, 1.54) is 0 Å². The topological polar surface area (TPSA) is 52.6 Å². The first kappa shape index (κ1) is 18.6. The van der Waals surface area contributed by atoms with Gasteiger partial charge in [-0.25, -0.2) is 4.79 Å². The minimum Gasteiger partial charge on any atom is -0.426 e. The molecule has 0 amide bonds. The smallest absolute Gasteiger partial charge is 0.343 e. The molecule has 3 rings (SSSR count). The van der Waals surface area contributed by atoms with Crippen LogP contribution in [-0.4, -0.2) is 11.9 Å². The Kier molecular flexibility index (Phi) is 5.26. The Labute approximate surface area is 158 Å². The van der Waals surface area contributed by atoms with E-state index in [0.29, 0.717) is 22.4 Å². The average Bonchev–Trinajstić information content (AvgIpc) is 2.61. The van der Waals surface area contributed by atoms with Gasteiger partial charge in [0, 0.05) is 0 Å². The minimum absolute atomic E-state index is 0.176. The second kappa shape index (κ2) is 7.62. The lowest BCUT2D eigenvalue weighted by atomic mass is 9.92. The first-order valence-electron chi connectivity index (χ1n) is 8.83. The highest BCUT2D eigenvalue weighted by Gasteiger charge is 2.20. The summed E-state index contributed by atoms with van der Waals surface area (Å²) >= 11 is 0. The van der Waals surface area contributed by atoms with Gasteiger partial charge in [-0.1, -0.05) is 63.2 Å². The van der Waals surface area contributed by atoms with Crippen LogP contribution < -0.4 is 9.47 Å². The molecule has 0 radical (unpaired) electrons. The zero-order valence-corrected chi connectivity index (χ0v) is 15.7. The molecule has 0 bridgehead atoms. The number of carbonyl (C=O) groups is 2. The van der Waals surface area contributed by atoms with Gasteiger partial charge < -0.3 is 9.47 Å². The zero-order valence-electron chi connectivity index (χ0n) is 15.7. The largest absolute Gasteiger partial charge is 0.426 e. The molecule has 0 aliphatic carbocycles. The number of hydrogen-bond acceptors (Lipinski definition) is 4. The number of ether oxygens (including phenoxy) is 2. The second-order valence-corrected chi connectivity index (χ2v) is 7.58. The maximum Gasteiger partial charge on any atom is 0.343 e. The van der Waals surface area contributed by atoms with Gasteiger partial charge in [-0.15, -0.1) is 0 Å². The predicted molar refractivity (Wildman–Crippen MR) is 105 cm³/mol. The van der Waals surface area contributed by atoms with Gasteiger partial charge in [-0.3, -0.25) is 4.79 Å². The molecule has 27 heavy (non-hydrogen) atoms. The van der Waals surface area contributed by atoms with Crippen LogP contribution in [0, 0.1) is 5.41 Å². The van der Waals surface area contributed by atoms with Crippen molar-refractivity contribution in [2.75, 3.05) is 0 Å². The molecular weight excluding hydrogens is 340 g/mol. The lowest BCUT2D eigenvalue weighted by molar-refractivity contribution is -0.136. The Morgan fingerprint density at radius 2 is 1.37 bits per heavy atom. The molecule has 0 saturated heterocycles. The van der Waals surface area contributed by atoms with Crippen LogP contribution >= 0.6 is 0 Å². The minimum atomic E-state index is -0.459. The van der Waals surface area contributed by atoms with Crippen molar-refractivity contribution in [2.45, 2.75) is 27.2 Å². The third-order valence-electron chi connectivity index (χ3n) is 3.94. The summed E-state index contributed by atoms with van der Waals surface area (Å²) in [6.45, 7) is 5.93. The van der Waals surface area contributed by atoms with Gasteiger partial charge in [0.25, 0.3) is 0 Å². The van der Waals surface area contributed by atoms with Gasteiger partial charge in [0.05, 0.1) is 17.4 Å². The molecule has 0 saturated carbocycles. The van der Waals surface area contributed by atoms with Crippen LogP contribution in [0.5, 0.6) is 11.5 Å². The quantitative estimate of drug-likeness (QED) is 0.460. The van der Waals surface area contributed by atoms with Gasteiger partial charge >= 0.3 is 11.9 Å². The lowest BCUT2D eigenvalue weighted by Gasteiger charge is -2.17. The molecule has 3 aromatic carbocycles. The van der Waals surface area contributed by atoms with E-state index in [0.717, 1.165) is 5.39 Å². The number of rotatable bonds is 4. The normalized spacial score (nSPS) is 11.2. The van der Waals surface area contributed by atoms with E-state index in [1.807, 2.05) is 45.0 Å². The first-order chi connectivity index (χ1) is 12.8. The zero-order chi connectivity index (χ0) is 19.4. The molecule has 0 unspecified atom stereocenters. The van der Waals surface area contributed by atoms with Crippen molar-refractivity contribution in [3.8, 4) is 11.5 Å². The number of fused-ring (bicyclic) bond motifs is 1. The van der Waals surface area contributed by atoms with Crippen LogP contribution in [0.25, 0.3) is 10.8 Å². The van der Waals surface area contributed by atoms with E-state index >= 15 is 0 Å². The summed E-state index contributed by atoms with van der Waals surface area (Å²) in [6, 6.07) is 19.6. The summed E-state index contributed by atoms with van der Waals surface area (Å²) in [7, 11) is 0. The molecule has 0 aliphatic heterocycles. The second-order valence-electron chi connectivity index (χ2n) is 7.58. The number of benzene rings is 3. The van der Waals surface area contributed by atoms with Crippen LogP contribution in [0.1, 0.15) is 37.6 Å². The van der Waals surface area contributed by atoms with Crippen LogP contribution in [0.4, 0.5) is 0 Å². The molecule has 0 spiro atoms. The molecule has 4 nitrogen and oxygen atoms in total. The Morgan fingerprint density at radius 3 is 1.96 bits per heavy atom. The van der Waals surface area contributed by atoms with Crippen molar-refractivity contribution in [2.24, 2.45) is 5.41 Å². The Bertz CT molecular complexity index is 963. The highest BCUT2D eigenvalue weighted by molar-refractivity contribution is 5.99. The van der Waals surface area contributed by atoms with E-state index in [1.54, 1.807) is 42.5 Å². The van der Waals surface area contributed by atoms with E-state index in [4.69, 9.17) is 9.47 Å². The summed E-state index contributed by atoms with van der Waals surface area (Å²) in [4.78, 5) is 24.7. The monoisotopic (exact) mass is 362 g/mol. The van der Waals surface area contributed by atoms with Gasteiger partial charge in [0.1, 0.15) is 11.5 Å². The van der Waals surface area contributed by atoms with Gasteiger partial charge in [-0.05, 0) is 35.1 Å². The molecule has 4 heteroatoms. The number of esters is 2. The van der Waals surface area contributed by atoms with Crippen molar-refractivity contribution < 1.29 is 19.1 Å². The third kappa shape index (κ3) is 4.73. The Balaban J connectivity index is 1.94. The highest BCUT2D eigenvalue weighted by Crippen LogP contribution is 2.35. The Hall–Kier alpha value is -3.14. The summed E-state index contributed by atoms with van der Waals surface area (Å²) in [6.07, 6.45) is 0.287. The Morgan fingerprint density at radius 1 is 0.778 bits per heavy atom. The molecular formula is C23H22O4. The summed E-state index contributed by atoms with van der Waals surface area (Å²) < 4.78 is 11.2. The van der Waals surface area contributed by atoms with Crippen molar-refractivity contribution in [1.29, 1.82) is 0 Å². The van der Waals surface area contributed by atoms with Crippen LogP contribution in [0.2, 0.25) is 0 Å². The fourth-order valence-electron chi connectivity index (χ4n) is 2.77.